The molecule has 20 heavy (non-hydrogen) atoms. The maximum absolute atomic E-state index is 9.10. The molecule has 0 amide bonds. The van der Waals surface area contributed by atoms with Crippen molar-refractivity contribution in [2.45, 2.75) is 64.8 Å². The molecule has 2 N–H and O–H groups in total. The van der Waals surface area contributed by atoms with E-state index >= 15 is 0 Å². The summed E-state index contributed by atoms with van der Waals surface area (Å²) in [5.74, 6) is 0.735. The van der Waals surface area contributed by atoms with Gasteiger partial charge < -0.3 is 15.3 Å². The van der Waals surface area contributed by atoms with Crippen molar-refractivity contribution in [3.63, 3.8) is 0 Å². The van der Waals surface area contributed by atoms with Crippen molar-refractivity contribution < 1.29 is 5.11 Å². The van der Waals surface area contributed by atoms with Crippen molar-refractivity contribution >= 4 is 0 Å². The van der Waals surface area contributed by atoms with Gasteiger partial charge >= 0.3 is 0 Å². The van der Waals surface area contributed by atoms with Gasteiger partial charge in [0.25, 0.3) is 0 Å². The van der Waals surface area contributed by atoms with Gasteiger partial charge in [-0.05, 0) is 43.6 Å². The van der Waals surface area contributed by atoms with E-state index in [4.69, 9.17) is 5.11 Å². The maximum Gasteiger partial charge on any atom is 0.0434 e. The van der Waals surface area contributed by atoms with Crippen molar-refractivity contribution in [3.05, 3.63) is 0 Å². The van der Waals surface area contributed by atoms with E-state index in [1.54, 1.807) is 0 Å². The second kappa shape index (κ2) is 7.77. The molecule has 1 unspecified atom stereocenters. The molecular weight excluding hydrogens is 248 g/mol. The van der Waals surface area contributed by atoms with E-state index in [1.807, 2.05) is 0 Å². The Labute approximate surface area is 125 Å². The number of nitrogens with zero attached hydrogens (tertiary/aromatic N) is 1. The first-order valence-corrected chi connectivity index (χ1v) is 8.70. The van der Waals surface area contributed by atoms with Crippen LogP contribution in [0, 0.1) is 11.3 Å². The Kier molecular flexibility index (Phi) is 6.31. The average molecular weight is 282 g/mol. The molecule has 3 heteroatoms. The van der Waals surface area contributed by atoms with Crippen LogP contribution in [0.5, 0.6) is 0 Å². The molecule has 2 aliphatic rings. The zero-order chi connectivity index (χ0) is 14.4. The minimum absolute atomic E-state index is 0.360. The van der Waals surface area contributed by atoms with Crippen molar-refractivity contribution in [1.82, 2.24) is 10.2 Å². The van der Waals surface area contributed by atoms with E-state index in [9.17, 15) is 0 Å². The number of likely N-dealkylation sites (tertiary alicyclic amines) is 1. The van der Waals surface area contributed by atoms with Crippen LogP contribution in [0.15, 0.2) is 0 Å². The van der Waals surface area contributed by atoms with Gasteiger partial charge in [0.1, 0.15) is 0 Å². The highest BCUT2D eigenvalue weighted by molar-refractivity contribution is 4.90. The molecule has 0 bridgehead atoms. The van der Waals surface area contributed by atoms with Crippen molar-refractivity contribution in [2.24, 2.45) is 11.3 Å². The summed E-state index contributed by atoms with van der Waals surface area (Å²) in [7, 11) is 0. The number of aliphatic hydroxyl groups excluding tert-OH is 1. The Morgan fingerprint density at radius 1 is 1.25 bits per heavy atom. The zero-order valence-electron chi connectivity index (χ0n) is 13.5. The van der Waals surface area contributed by atoms with Crippen molar-refractivity contribution in [2.75, 3.05) is 32.8 Å². The molecular formula is C17H34N2O. The van der Waals surface area contributed by atoms with Crippen molar-refractivity contribution in [3.8, 4) is 0 Å². The molecule has 0 aromatic carbocycles. The Morgan fingerprint density at radius 2 is 2.00 bits per heavy atom. The monoisotopic (exact) mass is 282 g/mol. The highest BCUT2D eigenvalue weighted by Crippen LogP contribution is 2.38. The number of rotatable bonds is 7. The molecule has 0 aromatic rings. The van der Waals surface area contributed by atoms with Crippen LogP contribution in [-0.2, 0) is 0 Å². The Morgan fingerprint density at radius 3 is 2.65 bits per heavy atom. The third-order valence-electron chi connectivity index (χ3n) is 5.27. The van der Waals surface area contributed by atoms with Gasteiger partial charge in [-0.25, -0.2) is 0 Å². The van der Waals surface area contributed by atoms with E-state index in [-0.39, 0.29) is 0 Å². The highest BCUT2D eigenvalue weighted by Gasteiger charge is 2.35. The summed E-state index contributed by atoms with van der Waals surface area (Å²) in [5, 5.41) is 12.8. The summed E-state index contributed by atoms with van der Waals surface area (Å²) >= 11 is 0. The molecule has 1 atom stereocenters. The smallest absolute Gasteiger partial charge is 0.0434 e. The van der Waals surface area contributed by atoms with Crippen LogP contribution in [0.4, 0.5) is 0 Å². The Bertz CT molecular complexity index is 274. The van der Waals surface area contributed by atoms with E-state index in [1.165, 1.54) is 64.7 Å². The zero-order valence-corrected chi connectivity index (χ0v) is 13.5. The van der Waals surface area contributed by atoms with Gasteiger partial charge in [-0.1, -0.05) is 33.1 Å². The fraction of sp³-hybridized carbons (Fsp3) is 1.00. The van der Waals surface area contributed by atoms with E-state index in [0.29, 0.717) is 18.1 Å². The lowest BCUT2D eigenvalue weighted by atomic mass is 9.73. The van der Waals surface area contributed by atoms with Gasteiger partial charge in [0.05, 0.1) is 0 Å². The average Bonchev–Trinajstić information content (AvgIpc) is 2.85. The van der Waals surface area contributed by atoms with Crippen LogP contribution in [-0.4, -0.2) is 48.8 Å². The molecule has 0 radical (unpaired) electrons. The first-order valence-electron chi connectivity index (χ1n) is 8.70. The molecule has 1 heterocycles. The predicted molar refractivity (Wildman–Crippen MR) is 84.9 cm³/mol. The summed E-state index contributed by atoms with van der Waals surface area (Å²) in [6.45, 7) is 9.78. The van der Waals surface area contributed by atoms with Gasteiger partial charge in [0.2, 0.25) is 0 Å². The molecule has 1 saturated heterocycles. The molecule has 0 spiro atoms. The highest BCUT2D eigenvalue weighted by atomic mass is 16.3. The van der Waals surface area contributed by atoms with Gasteiger partial charge in [-0.15, -0.1) is 0 Å². The maximum atomic E-state index is 9.10. The van der Waals surface area contributed by atoms with Gasteiger partial charge in [-0.2, -0.15) is 0 Å². The van der Waals surface area contributed by atoms with Crippen LogP contribution in [0.1, 0.15) is 58.8 Å². The standard InChI is InChI=1S/C17H34N2O/c1-15(2)18-13-17(8-4-3-5-9-17)14-19-10-6-16(12-19)7-11-20/h15-16,18,20H,3-14H2,1-2H3. The third-order valence-corrected chi connectivity index (χ3v) is 5.27. The number of hydrogen-bond donors (Lipinski definition) is 2. The summed E-state index contributed by atoms with van der Waals surface area (Å²) in [4.78, 5) is 2.67. The minimum Gasteiger partial charge on any atom is -0.396 e. The Hall–Kier alpha value is -0.120. The quantitative estimate of drug-likeness (QED) is 0.753. The van der Waals surface area contributed by atoms with Crippen molar-refractivity contribution in [1.29, 1.82) is 0 Å². The van der Waals surface area contributed by atoms with E-state index < -0.39 is 0 Å². The lowest BCUT2D eigenvalue weighted by Gasteiger charge is -2.41. The van der Waals surface area contributed by atoms with Gasteiger partial charge in [-0.3, -0.25) is 0 Å². The van der Waals surface area contributed by atoms with E-state index in [2.05, 4.69) is 24.1 Å². The van der Waals surface area contributed by atoms with Crippen LogP contribution in [0.25, 0.3) is 0 Å². The molecule has 2 fully saturated rings. The lowest BCUT2D eigenvalue weighted by Crippen LogP contribution is -2.46. The van der Waals surface area contributed by atoms with E-state index in [0.717, 1.165) is 12.3 Å². The summed E-state index contributed by atoms with van der Waals surface area (Å²) < 4.78 is 0. The third kappa shape index (κ3) is 4.71. The summed E-state index contributed by atoms with van der Waals surface area (Å²) in [5.41, 5.74) is 0.511. The van der Waals surface area contributed by atoms with Crippen LogP contribution in [0.3, 0.4) is 0 Å². The molecule has 1 aliphatic carbocycles. The fourth-order valence-electron chi connectivity index (χ4n) is 4.06. The van der Waals surface area contributed by atoms with Crippen LogP contribution in [0.2, 0.25) is 0 Å². The molecule has 1 aliphatic heterocycles. The lowest BCUT2D eigenvalue weighted by molar-refractivity contribution is 0.111. The number of aliphatic hydroxyl groups is 1. The molecule has 3 nitrogen and oxygen atoms in total. The molecule has 0 aromatic heterocycles. The van der Waals surface area contributed by atoms with Crippen LogP contribution >= 0.6 is 0 Å². The number of nitrogens with one attached hydrogen (secondary N) is 1. The second-order valence-electron chi connectivity index (χ2n) is 7.50. The summed E-state index contributed by atoms with van der Waals surface area (Å²) in [6.07, 6.45) is 9.32. The summed E-state index contributed by atoms with van der Waals surface area (Å²) in [6, 6.07) is 0.592. The molecule has 1 saturated carbocycles. The molecule has 118 valence electrons. The second-order valence-corrected chi connectivity index (χ2v) is 7.50. The van der Waals surface area contributed by atoms with Gasteiger partial charge in [0, 0.05) is 32.3 Å². The fourth-order valence-corrected chi connectivity index (χ4v) is 4.06. The van der Waals surface area contributed by atoms with Gasteiger partial charge in [0.15, 0.2) is 0 Å². The largest absolute Gasteiger partial charge is 0.396 e. The predicted octanol–water partition coefficient (Wildman–Crippen LogP) is 2.64. The topological polar surface area (TPSA) is 35.5 Å². The first kappa shape index (κ1) is 16.3. The normalized spacial score (nSPS) is 27.3. The number of hydrogen-bond acceptors (Lipinski definition) is 3. The van der Waals surface area contributed by atoms with Crippen LogP contribution < -0.4 is 5.32 Å². The Balaban J connectivity index is 1.87. The first-order chi connectivity index (χ1) is 9.63. The SMILES string of the molecule is CC(C)NCC1(CN2CCC(CCO)C2)CCCCC1. The minimum atomic E-state index is 0.360. The molecule has 2 rings (SSSR count).